The van der Waals surface area contributed by atoms with Crippen LogP contribution in [0.2, 0.25) is 0 Å². The molecule has 0 unspecified atom stereocenters. The molecule has 1 aromatic rings. The third-order valence-electron chi connectivity index (χ3n) is 5.02. The Morgan fingerprint density at radius 1 is 1.00 bits per heavy atom. The number of carbonyl (C=O) groups is 1. The Morgan fingerprint density at radius 2 is 1.63 bits per heavy atom. The lowest BCUT2D eigenvalue weighted by molar-refractivity contribution is -0.890. The van der Waals surface area contributed by atoms with Gasteiger partial charge < -0.3 is 14.5 Å². The zero-order valence-electron chi connectivity index (χ0n) is 18.7. The number of hydrogen-bond donors (Lipinski definition) is 2. The Bertz CT molecular complexity index is 718. The summed E-state index contributed by atoms with van der Waals surface area (Å²) in [6.45, 7) is 4.90. The summed E-state index contributed by atoms with van der Waals surface area (Å²) < 4.78 is 36.8. The van der Waals surface area contributed by atoms with Gasteiger partial charge in [0, 0.05) is 24.9 Å². The van der Waals surface area contributed by atoms with Crippen molar-refractivity contribution in [1.29, 1.82) is 0 Å². The van der Waals surface area contributed by atoms with Gasteiger partial charge in [0.05, 0.1) is 39.5 Å². The molecule has 0 aliphatic heterocycles. The van der Waals surface area contributed by atoms with Crippen molar-refractivity contribution >= 4 is 16.0 Å². The average Bonchev–Trinajstić information content (AvgIpc) is 2.67. The van der Waals surface area contributed by atoms with Crippen molar-refractivity contribution in [3.63, 3.8) is 0 Å². The highest BCUT2D eigenvalue weighted by molar-refractivity contribution is 7.85. The van der Waals surface area contributed by atoms with Crippen LogP contribution in [0.3, 0.4) is 0 Å². The number of ether oxygens (including phenoxy) is 1. The zero-order valence-corrected chi connectivity index (χ0v) is 19.5. The number of nitrogens with zero attached hydrogens (tertiary/aromatic N) is 1. The maximum Gasteiger partial charge on any atom is 0.265 e. The van der Waals surface area contributed by atoms with Crippen LogP contribution in [0.4, 0.5) is 0 Å². The molecule has 172 valence electrons. The van der Waals surface area contributed by atoms with E-state index in [0.29, 0.717) is 36.2 Å². The summed E-state index contributed by atoms with van der Waals surface area (Å²) in [4.78, 5) is 12.3. The molecule has 0 saturated carbocycles. The van der Waals surface area contributed by atoms with Crippen molar-refractivity contribution in [1.82, 2.24) is 5.32 Å². The minimum atomic E-state index is -3.90. The Balaban J connectivity index is 2.25. The summed E-state index contributed by atoms with van der Waals surface area (Å²) >= 11 is 0. The van der Waals surface area contributed by atoms with E-state index in [-0.39, 0.29) is 11.7 Å². The van der Waals surface area contributed by atoms with Crippen LogP contribution < -0.4 is 10.1 Å². The maximum absolute atomic E-state index is 12.3. The molecule has 1 rings (SSSR count). The fourth-order valence-electron chi connectivity index (χ4n) is 3.20. The number of rotatable bonds is 16. The third kappa shape index (κ3) is 12.8. The van der Waals surface area contributed by atoms with Gasteiger partial charge in [0.25, 0.3) is 16.0 Å². The molecule has 0 heterocycles. The van der Waals surface area contributed by atoms with Gasteiger partial charge in [-0.3, -0.25) is 9.35 Å². The van der Waals surface area contributed by atoms with Gasteiger partial charge in [-0.1, -0.05) is 32.6 Å². The normalized spacial score (nSPS) is 12.0. The van der Waals surface area contributed by atoms with Crippen LogP contribution in [-0.4, -0.2) is 69.5 Å². The molecule has 0 aliphatic rings. The molecule has 0 fully saturated rings. The van der Waals surface area contributed by atoms with Crippen LogP contribution >= 0.6 is 0 Å². The number of nitrogens with one attached hydrogen (secondary N) is 1. The van der Waals surface area contributed by atoms with E-state index in [4.69, 9.17) is 9.29 Å². The summed E-state index contributed by atoms with van der Waals surface area (Å²) in [6.07, 6.45) is 7.18. The fraction of sp³-hybridized carbons (Fsp3) is 0.682. The van der Waals surface area contributed by atoms with Crippen molar-refractivity contribution in [3.8, 4) is 5.75 Å². The second-order valence-electron chi connectivity index (χ2n) is 8.42. The van der Waals surface area contributed by atoms with E-state index in [1.165, 1.54) is 25.7 Å². The molecule has 0 radical (unpaired) electrons. The molecule has 0 bridgehead atoms. The van der Waals surface area contributed by atoms with Gasteiger partial charge in [0.1, 0.15) is 5.75 Å². The Kier molecular flexibility index (Phi) is 12.0. The van der Waals surface area contributed by atoms with Crippen LogP contribution in [0, 0.1) is 0 Å². The summed E-state index contributed by atoms with van der Waals surface area (Å²) in [5, 5.41) is 2.92. The lowest BCUT2D eigenvalue weighted by Gasteiger charge is -2.29. The van der Waals surface area contributed by atoms with Crippen LogP contribution in [-0.2, 0) is 10.1 Å². The number of quaternary nitrogens is 1. The quantitative estimate of drug-likeness (QED) is 0.232. The van der Waals surface area contributed by atoms with Gasteiger partial charge in [-0.2, -0.15) is 8.42 Å². The van der Waals surface area contributed by atoms with Gasteiger partial charge in [0.15, 0.2) is 0 Å². The van der Waals surface area contributed by atoms with Gasteiger partial charge in [-0.15, -0.1) is 0 Å². The molecule has 0 aromatic heterocycles. The highest BCUT2D eigenvalue weighted by atomic mass is 32.2. The lowest BCUT2D eigenvalue weighted by Crippen LogP contribution is -2.43. The predicted octanol–water partition coefficient (Wildman–Crippen LogP) is 3.51. The Hall–Kier alpha value is -1.64. The molecule has 0 saturated heterocycles. The molecule has 0 spiro atoms. The molecule has 7 nitrogen and oxygen atoms in total. The van der Waals surface area contributed by atoms with Crippen LogP contribution in [0.5, 0.6) is 5.75 Å². The topological polar surface area (TPSA) is 92.7 Å². The number of carbonyl (C=O) groups excluding carboxylic acids is 1. The molecule has 30 heavy (non-hydrogen) atoms. The summed E-state index contributed by atoms with van der Waals surface area (Å²) in [7, 11) is 0.113. The van der Waals surface area contributed by atoms with E-state index in [9.17, 15) is 13.2 Å². The summed E-state index contributed by atoms with van der Waals surface area (Å²) in [6, 6.07) is 7.21. The van der Waals surface area contributed by atoms with Crippen molar-refractivity contribution in [2.24, 2.45) is 0 Å². The number of hydrogen-bond acceptors (Lipinski definition) is 4. The standard InChI is InChI=1S/C22H38N2O5S/c1-4-5-6-7-8-18-29-21-13-11-20(12-14-21)22(25)23-15-9-16-24(2,3)17-10-19-30(26,27)28/h11-14H,4-10,15-19H2,1-3H3,(H-,23,25,26,27,28)/p+1. The second-order valence-corrected chi connectivity index (χ2v) is 9.99. The minimum absolute atomic E-state index is 0.113. The molecular weight excluding hydrogens is 404 g/mol. The SMILES string of the molecule is CCCCCCCOc1ccc(C(=O)NCCC[N+](C)(C)CCCS(=O)(=O)O)cc1. The maximum atomic E-state index is 12.3. The smallest absolute Gasteiger partial charge is 0.265 e. The number of benzene rings is 1. The van der Waals surface area contributed by atoms with Gasteiger partial charge in [-0.05, 0) is 30.7 Å². The first-order valence-corrected chi connectivity index (χ1v) is 12.5. The third-order valence-corrected chi connectivity index (χ3v) is 5.83. The lowest BCUT2D eigenvalue weighted by atomic mass is 10.2. The first kappa shape index (κ1) is 26.4. The molecule has 1 aromatic carbocycles. The highest BCUT2D eigenvalue weighted by Crippen LogP contribution is 2.13. The van der Waals surface area contributed by atoms with E-state index >= 15 is 0 Å². The van der Waals surface area contributed by atoms with Crippen molar-refractivity contribution in [2.45, 2.75) is 51.9 Å². The van der Waals surface area contributed by atoms with Crippen molar-refractivity contribution < 1.29 is 27.0 Å². The van der Waals surface area contributed by atoms with E-state index < -0.39 is 10.1 Å². The second kappa shape index (κ2) is 13.6. The van der Waals surface area contributed by atoms with E-state index in [1.54, 1.807) is 12.1 Å². The van der Waals surface area contributed by atoms with Crippen LogP contribution in [0.1, 0.15) is 62.2 Å². The highest BCUT2D eigenvalue weighted by Gasteiger charge is 2.16. The summed E-state index contributed by atoms with van der Waals surface area (Å²) in [5.41, 5.74) is 0.604. The molecular formula is C22H39N2O5S+. The minimum Gasteiger partial charge on any atom is -0.494 e. The van der Waals surface area contributed by atoms with Crippen LogP contribution in [0.15, 0.2) is 24.3 Å². The average molecular weight is 444 g/mol. The summed E-state index contributed by atoms with van der Waals surface area (Å²) in [5.74, 6) is 0.452. The van der Waals surface area contributed by atoms with Gasteiger partial charge in [-0.25, -0.2) is 0 Å². The molecule has 0 aliphatic carbocycles. The van der Waals surface area contributed by atoms with Gasteiger partial charge in [0.2, 0.25) is 0 Å². The first-order valence-electron chi connectivity index (χ1n) is 10.9. The van der Waals surface area contributed by atoms with E-state index in [0.717, 1.165) is 25.1 Å². The van der Waals surface area contributed by atoms with Crippen LogP contribution in [0.25, 0.3) is 0 Å². The number of amides is 1. The fourth-order valence-corrected chi connectivity index (χ4v) is 3.69. The molecule has 0 atom stereocenters. The van der Waals surface area contributed by atoms with E-state index in [1.807, 2.05) is 26.2 Å². The Morgan fingerprint density at radius 3 is 2.27 bits per heavy atom. The monoisotopic (exact) mass is 443 g/mol. The molecule has 1 amide bonds. The van der Waals surface area contributed by atoms with Crippen molar-refractivity contribution in [2.75, 3.05) is 46.1 Å². The number of unbranched alkanes of at least 4 members (excludes halogenated alkanes) is 4. The molecule has 8 heteroatoms. The molecule has 2 N–H and O–H groups in total. The zero-order chi connectivity index (χ0) is 22.5. The van der Waals surface area contributed by atoms with Crippen molar-refractivity contribution in [3.05, 3.63) is 29.8 Å². The predicted molar refractivity (Wildman–Crippen MR) is 121 cm³/mol. The van der Waals surface area contributed by atoms with Gasteiger partial charge >= 0.3 is 0 Å². The largest absolute Gasteiger partial charge is 0.494 e. The van der Waals surface area contributed by atoms with E-state index in [2.05, 4.69) is 12.2 Å². The first-order chi connectivity index (χ1) is 14.1. The Labute approximate surface area is 182 Å².